The quantitative estimate of drug-likeness (QED) is 0.764. The summed E-state index contributed by atoms with van der Waals surface area (Å²) in [5.41, 5.74) is -0.290. The number of rotatable bonds is 2. The van der Waals surface area contributed by atoms with Crippen molar-refractivity contribution in [3.05, 3.63) is 28.2 Å². The molecule has 1 unspecified atom stereocenters. The first-order valence-corrected chi connectivity index (χ1v) is 4.60. The van der Waals surface area contributed by atoms with E-state index in [1.165, 1.54) is 13.1 Å². The van der Waals surface area contributed by atoms with Crippen molar-refractivity contribution in [1.29, 1.82) is 5.26 Å². The van der Waals surface area contributed by atoms with Crippen molar-refractivity contribution in [2.75, 3.05) is 0 Å². The SMILES string of the molecule is CC(C#N)C(=O)c1ncc(Br)cc1F. The molecule has 0 aromatic carbocycles. The Labute approximate surface area is 88.7 Å². The predicted molar refractivity (Wildman–Crippen MR) is 51.0 cm³/mol. The Morgan fingerprint density at radius 3 is 2.93 bits per heavy atom. The highest BCUT2D eigenvalue weighted by Crippen LogP contribution is 2.15. The summed E-state index contributed by atoms with van der Waals surface area (Å²) >= 11 is 3.02. The highest BCUT2D eigenvalue weighted by molar-refractivity contribution is 9.10. The van der Waals surface area contributed by atoms with Gasteiger partial charge in [-0.3, -0.25) is 4.79 Å². The number of carbonyl (C=O) groups is 1. The van der Waals surface area contributed by atoms with Gasteiger partial charge in [-0.05, 0) is 28.9 Å². The van der Waals surface area contributed by atoms with E-state index in [-0.39, 0.29) is 5.69 Å². The Balaban J connectivity index is 3.09. The molecule has 0 spiro atoms. The van der Waals surface area contributed by atoms with E-state index in [1.54, 1.807) is 6.07 Å². The van der Waals surface area contributed by atoms with Crippen molar-refractivity contribution >= 4 is 21.7 Å². The fourth-order valence-corrected chi connectivity index (χ4v) is 1.16. The summed E-state index contributed by atoms with van der Waals surface area (Å²) in [6.07, 6.45) is 1.32. The normalized spacial score (nSPS) is 11.9. The molecule has 0 saturated heterocycles. The molecule has 0 aliphatic rings. The summed E-state index contributed by atoms with van der Waals surface area (Å²) in [7, 11) is 0. The minimum atomic E-state index is -0.877. The van der Waals surface area contributed by atoms with Gasteiger partial charge in [-0.1, -0.05) is 0 Å². The Morgan fingerprint density at radius 1 is 1.79 bits per heavy atom. The lowest BCUT2D eigenvalue weighted by Gasteiger charge is -2.02. The molecule has 0 fully saturated rings. The Bertz CT molecular complexity index is 414. The molecule has 0 amide bonds. The summed E-state index contributed by atoms with van der Waals surface area (Å²) in [4.78, 5) is 15.0. The molecule has 14 heavy (non-hydrogen) atoms. The fourth-order valence-electron chi connectivity index (χ4n) is 0.860. The second-order valence-corrected chi connectivity index (χ2v) is 3.61. The lowest BCUT2D eigenvalue weighted by molar-refractivity contribution is 0.0947. The minimum absolute atomic E-state index is 0.290. The van der Waals surface area contributed by atoms with Gasteiger partial charge in [0.15, 0.2) is 5.82 Å². The van der Waals surface area contributed by atoms with Crippen LogP contribution in [0.5, 0.6) is 0 Å². The van der Waals surface area contributed by atoms with Gasteiger partial charge in [-0.2, -0.15) is 5.26 Å². The van der Waals surface area contributed by atoms with E-state index in [9.17, 15) is 9.18 Å². The maximum Gasteiger partial charge on any atom is 0.200 e. The highest BCUT2D eigenvalue weighted by Gasteiger charge is 2.19. The Morgan fingerprint density at radius 2 is 2.43 bits per heavy atom. The number of ketones is 1. The first-order chi connectivity index (χ1) is 6.56. The van der Waals surface area contributed by atoms with Gasteiger partial charge < -0.3 is 0 Å². The van der Waals surface area contributed by atoms with Crippen LogP contribution in [0.15, 0.2) is 16.7 Å². The number of carbonyl (C=O) groups excluding carboxylic acids is 1. The van der Waals surface area contributed by atoms with Crippen molar-refractivity contribution < 1.29 is 9.18 Å². The van der Waals surface area contributed by atoms with E-state index < -0.39 is 17.5 Å². The summed E-state index contributed by atoms with van der Waals surface area (Å²) < 4.78 is 13.6. The van der Waals surface area contributed by atoms with Crippen molar-refractivity contribution in [3.63, 3.8) is 0 Å². The van der Waals surface area contributed by atoms with E-state index in [2.05, 4.69) is 20.9 Å². The largest absolute Gasteiger partial charge is 0.291 e. The summed E-state index contributed by atoms with van der Waals surface area (Å²) in [6, 6.07) is 2.88. The molecule has 1 aromatic heterocycles. The Kier molecular flexibility index (Phi) is 3.31. The average Bonchev–Trinajstić information content (AvgIpc) is 2.15. The molecule has 5 heteroatoms. The molecule has 0 N–H and O–H groups in total. The van der Waals surface area contributed by atoms with E-state index in [0.717, 1.165) is 6.07 Å². The number of halogens is 2. The summed E-state index contributed by atoms with van der Waals surface area (Å²) in [5.74, 6) is -2.19. The number of nitrogens with zero attached hydrogens (tertiary/aromatic N) is 2. The van der Waals surface area contributed by atoms with Crippen LogP contribution in [0, 0.1) is 23.1 Å². The zero-order valence-corrected chi connectivity index (χ0v) is 8.88. The number of hydrogen-bond donors (Lipinski definition) is 0. The molecule has 0 radical (unpaired) electrons. The van der Waals surface area contributed by atoms with Crippen LogP contribution in [0.1, 0.15) is 17.4 Å². The monoisotopic (exact) mass is 256 g/mol. The number of nitriles is 1. The standard InChI is InChI=1S/C9H6BrFN2O/c1-5(3-12)9(14)8-7(11)2-6(10)4-13-8/h2,4-5H,1H3. The third-order valence-electron chi connectivity index (χ3n) is 1.63. The van der Waals surface area contributed by atoms with Crippen LogP contribution < -0.4 is 0 Å². The summed E-state index contributed by atoms with van der Waals surface area (Å²) in [5, 5.41) is 8.48. The molecule has 1 rings (SSSR count). The van der Waals surface area contributed by atoms with Crippen LogP contribution in [-0.2, 0) is 0 Å². The second kappa shape index (κ2) is 4.29. The maximum absolute atomic E-state index is 13.2. The van der Waals surface area contributed by atoms with Gasteiger partial charge in [0, 0.05) is 10.7 Å². The zero-order valence-electron chi connectivity index (χ0n) is 7.29. The molecule has 1 atom stereocenters. The number of aromatic nitrogens is 1. The van der Waals surface area contributed by atoms with E-state index in [1.807, 2.05) is 0 Å². The Hall–Kier alpha value is -1.28. The molecule has 0 aliphatic carbocycles. The van der Waals surface area contributed by atoms with E-state index >= 15 is 0 Å². The molecular weight excluding hydrogens is 251 g/mol. The third kappa shape index (κ3) is 2.15. The molecule has 0 saturated carbocycles. The molecule has 3 nitrogen and oxygen atoms in total. The van der Waals surface area contributed by atoms with Crippen molar-refractivity contribution in [1.82, 2.24) is 4.98 Å². The van der Waals surface area contributed by atoms with Crippen LogP contribution in [0.3, 0.4) is 0 Å². The molecular formula is C9H6BrFN2O. The van der Waals surface area contributed by atoms with Crippen LogP contribution >= 0.6 is 15.9 Å². The predicted octanol–water partition coefficient (Wildman–Crippen LogP) is 2.33. The molecule has 0 bridgehead atoms. The van der Waals surface area contributed by atoms with Gasteiger partial charge in [-0.15, -0.1) is 0 Å². The van der Waals surface area contributed by atoms with Crippen molar-refractivity contribution in [2.24, 2.45) is 5.92 Å². The first kappa shape index (κ1) is 10.8. The lowest BCUT2D eigenvalue weighted by Crippen LogP contribution is -2.13. The highest BCUT2D eigenvalue weighted by atomic mass is 79.9. The fraction of sp³-hybridized carbons (Fsp3) is 0.222. The minimum Gasteiger partial charge on any atom is -0.291 e. The van der Waals surface area contributed by atoms with Crippen LogP contribution in [0.25, 0.3) is 0 Å². The van der Waals surface area contributed by atoms with Gasteiger partial charge in [-0.25, -0.2) is 9.37 Å². The van der Waals surface area contributed by atoms with Crippen LogP contribution in [-0.4, -0.2) is 10.8 Å². The smallest absolute Gasteiger partial charge is 0.200 e. The first-order valence-electron chi connectivity index (χ1n) is 3.81. The lowest BCUT2D eigenvalue weighted by atomic mass is 10.1. The van der Waals surface area contributed by atoms with Gasteiger partial charge in [0.25, 0.3) is 0 Å². The average molecular weight is 257 g/mol. The van der Waals surface area contributed by atoms with Crippen LogP contribution in [0.2, 0.25) is 0 Å². The molecule has 1 heterocycles. The maximum atomic E-state index is 13.2. The number of pyridine rings is 1. The molecule has 72 valence electrons. The third-order valence-corrected chi connectivity index (χ3v) is 2.06. The van der Waals surface area contributed by atoms with Crippen molar-refractivity contribution in [3.8, 4) is 6.07 Å². The van der Waals surface area contributed by atoms with Crippen molar-refractivity contribution in [2.45, 2.75) is 6.92 Å². The van der Waals surface area contributed by atoms with Gasteiger partial charge >= 0.3 is 0 Å². The van der Waals surface area contributed by atoms with Gasteiger partial charge in [0.05, 0.1) is 6.07 Å². The van der Waals surface area contributed by atoms with Crippen LogP contribution in [0.4, 0.5) is 4.39 Å². The van der Waals surface area contributed by atoms with E-state index in [0.29, 0.717) is 4.47 Å². The van der Waals surface area contributed by atoms with Gasteiger partial charge in [0.2, 0.25) is 5.78 Å². The number of hydrogen-bond acceptors (Lipinski definition) is 3. The van der Waals surface area contributed by atoms with Gasteiger partial charge in [0.1, 0.15) is 11.6 Å². The van der Waals surface area contributed by atoms with E-state index in [4.69, 9.17) is 5.26 Å². The molecule has 1 aromatic rings. The molecule has 0 aliphatic heterocycles. The second-order valence-electron chi connectivity index (χ2n) is 2.70. The summed E-state index contributed by atoms with van der Waals surface area (Å²) in [6.45, 7) is 1.41. The topological polar surface area (TPSA) is 53.8 Å². The zero-order chi connectivity index (χ0) is 10.7. The number of Topliss-reactive ketones (excluding diaryl/α,β-unsaturated/α-hetero) is 1.